The number of para-hydroxylation sites is 1. The SMILES string of the molecule is O=C(O)NCCC(=O)NCC(=O)N1Cc2ccccc2Oc2ccc(Cl)cc21. The number of amides is 3. The van der Waals surface area contributed by atoms with Gasteiger partial charge in [0.2, 0.25) is 11.8 Å². The Labute approximate surface area is 166 Å². The van der Waals surface area contributed by atoms with Crippen LogP contribution in [0.4, 0.5) is 10.5 Å². The highest BCUT2D eigenvalue weighted by Crippen LogP contribution is 2.40. The van der Waals surface area contributed by atoms with Gasteiger partial charge in [0.15, 0.2) is 5.75 Å². The Balaban J connectivity index is 1.74. The molecule has 2 aromatic rings. The molecule has 0 fully saturated rings. The summed E-state index contributed by atoms with van der Waals surface area (Å²) in [6.07, 6.45) is -1.27. The first-order valence-electron chi connectivity index (χ1n) is 8.53. The predicted molar refractivity (Wildman–Crippen MR) is 103 cm³/mol. The topological polar surface area (TPSA) is 108 Å². The number of anilines is 1. The second-order valence-corrected chi connectivity index (χ2v) is 6.50. The monoisotopic (exact) mass is 403 g/mol. The Morgan fingerprint density at radius 2 is 1.89 bits per heavy atom. The summed E-state index contributed by atoms with van der Waals surface area (Å²) in [4.78, 5) is 36.5. The number of halogens is 1. The van der Waals surface area contributed by atoms with Crippen LogP contribution in [0.2, 0.25) is 5.02 Å². The van der Waals surface area contributed by atoms with Gasteiger partial charge >= 0.3 is 6.09 Å². The van der Waals surface area contributed by atoms with Gasteiger partial charge in [-0.05, 0) is 24.3 Å². The van der Waals surface area contributed by atoms with Gasteiger partial charge < -0.3 is 25.4 Å². The van der Waals surface area contributed by atoms with Crippen LogP contribution in [-0.2, 0) is 16.1 Å². The number of nitrogens with one attached hydrogen (secondary N) is 2. The number of nitrogens with zero attached hydrogens (tertiary/aromatic N) is 1. The lowest BCUT2D eigenvalue weighted by Crippen LogP contribution is -2.40. The number of carboxylic acid groups (broad SMARTS) is 1. The first kappa shape index (κ1) is 19.5. The fraction of sp³-hybridized carbons (Fsp3) is 0.211. The van der Waals surface area contributed by atoms with E-state index in [0.717, 1.165) is 5.56 Å². The van der Waals surface area contributed by atoms with E-state index in [0.29, 0.717) is 22.2 Å². The lowest BCUT2D eigenvalue weighted by Gasteiger charge is -2.22. The number of rotatable bonds is 5. The molecule has 9 heteroatoms. The zero-order chi connectivity index (χ0) is 20.1. The lowest BCUT2D eigenvalue weighted by atomic mass is 10.2. The van der Waals surface area contributed by atoms with Gasteiger partial charge in [-0.25, -0.2) is 4.79 Å². The molecule has 28 heavy (non-hydrogen) atoms. The fourth-order valence-electron chi connectivity index (χ4n) is 2.76. The van der Waals surface area contributed by atoms with E-state index in [2.05, 4.69) is 10.6 Å². The van der Waals surface area contributed by atoms with Crippen molar-refractivity contribution in [3.63, 3.8) is 0 Å². The molecule has 0 saturated carbocycles. The van der Waals surface area contributed by atoms with Gasteiger partial charge in [-0.3, -0.25) is 9.59 Å². The van der Waals surface area contributed by atoms with Gasteiger partial charge in [0.25, 0.3) is 0 Å². The van der Waals surface area contributed by atoms with E-state index in [4.69, 9.17) is 21.4 Å². The van der Waals surface area contributed by atoms with E-state index in [1.807, 2.05) is 24.3 Å². The van der Waals surface area contributed by atoms with Crippen LogP contribution >= 0.6 is 11.6 Å². The molecule has 0 aliphatic carbocycles. The molecule has 0 unspecified atom stereocenters. The van der Waals surface area contributed by atoms with Gasteiger partial charge in [-0.2, -0.15) is 0 Å². The van der Waals surface area contributed by atoms with Crippen molar-refractivity contribution >= 4 is 35.2 Å². The van der Waals surface area contributed by atoms with E-state index in [-0.39, 0.29) is 32.0 Å². The van der Waals surface area contributed by atoms with Gasteiger partial charge in [0.1, 0.15) is 5.75 Å². The molecule has 0 saturated heterocycles. The molecule has 3 amide bonds. The number of benzene rings is 2. The molecule has 0 radical (unpaired) electrons. The third kappa shape index (κ3) is 4.72. The first-order chi connectivity index (χ1) is 13.4. The highest BCUT2D eigenvalue weighted by atomic mass is 35.5. The first-order valence-corrected chi connectivity index (χ1v) is 8.91. The lowest BCUT2D eigenvalue weighted by molar-refractivity contribution is -0.125. The van der Waals surface area contributed by atoms with Gasteiger partial charge in [0.05, 0.1) is 18.8 Å². The Morgan fingerprint density at radius 1 is 1.11 bits per heavy atom. The van der Waals surface area contributed by atoms with Crippen molar-refractivity contribution in [2.24, 2.45) is 0 Å². The minimum Gasteiger partial charge on any atom is -0.465 e. The van der Waals surface area contributed by atoms with Gasteiger partial charge in [-0.15, -0.1) is 0 Å². The average Bonchev–Trinajstić information content (AvgIpc) is 2.82. The summed E-state index contributed by atoms with van der Waals surface area (Å²) in [6.45, 7) is -0.00244. The molecule has 1 aliphatic heterocycles. The zero-order valence-corrected chi connectivity index (χ0v) is 15.5. The summed E-state index contributed by atoms with van der Waals surface area (Å²) in [5.41, 5.74) is 1.33. The molecule has 0 aromatic heterocycles. The van der Waals surface area contributed by atoms with Crippen LogP contribution in [0, 0.1) is 0 Å². The average molecular weight is 404 g/mol. The van der Waals surface area contributed by atoms with Crippen molar-refractivity contribution in [1.29, 1.82) is 0 Å². The number of hydrogen-bond donors (Lipinski definition) is 3. The summed E-state index contributed by atoms with van der Waals surface area (Å²) in [5, 5.41) is 13.6. The van der Waals surface area contributed by atoms with E-state index in [1.54, 1.807) is 18.2 Å². The van der Waals surface area contributed by atoms with Crippen molar-refractivity contribution in [2.45, 2.75) is 13.0 Å². The molecule has 1 heterocycles. The van der Waals surface area contributed by atoms with E-state index < -0.39 is 12.0 Å². The summed E-state index contributed by atoms with van der Waals surface area (Å²) in [6, 6.07) is 12.4. The summed E-state index contributed by atoms with van der Waals surface area (Å²) >= 11 is 6.10. The summed E-state index contributed by atoms with van der Waals surface area (Å²) in [5.74, 6) is 0.355. The Morgan fingerprint density at radius 3 is 2.68 bits per heavy atom. The van der Waals surface area contributed by atoms with Crippen LogP contribution in [0.1, 0.15) is 12.0 Å². The molecule has 0 spiro atoms. The number of fused-ring (bicyclic) bond motifs is 2. The minimum absolute atomic E-state index is 0.0290. The summed E-state index contributed by atoms with van der Waals surface area (Å²) < 4.78 is 5.94. The molecular formula is C19H18ClN3O5. The largest absolute Gasteiger partial charge is 0.465 e. The van der Waals surface area contributed by atoms with Crippen LogP contribution in [-0.4, -0.2) is 36.1 Å². The Bertz CT molecular complexity index is 918. The normalized spacial score (nSPS) is 12.1. The number of ether oxygens (including phenoxy) is 1. The fourth-order valence-corrected chi connectivity index (χ4v) is 2.93. The molecule has 0 atom stereocenters. The minimum atomic E-state index is -1.21. The van der Waals surface area contributed by atoms with Crippen LogP contribution in [0.3, 0.4) is 0 Å². The van der Waals surface area contributed by atoms with Crippen molar-refractivity contribution in [3.05, 3.63) is 53.1 Å². The van der Waals surface area contributed by atoms with E-state index in [9.17, 15) is 14.4 Å². The molecule has 3 N–H and O–H groups in total. The maximum atomic E-state index is 12.8. The maximum absolute atomic E-state index is 12.8. The number of carbonyl (C=O) groups is 3. The van der Waals surface area contributed by atoms with E-state index >= 15 is 0 Å². The zero-order valence-electron chi connectivity index (χ0n) is 14.8. The van der Waals surface area contributed by atoms with Gasteiger partial charge in [0, 0.05) is 23.6 Å². The number of hydrogen-bond acceptors (Lipinski definition) is 4. The molecule has 3 rings (SSSR count). The van der Waals surface area contributed by atoms with Crippen LogP contribution in [0.25, 0.3) is 0 Å². The Kier molecular flexibility index (Phi) is 6.00. The number of carbonyl (C=O) groups excluding carboxylic acids is 2. The molecule has 2 aromatic carbocycles. The van der Waals surface area contributed by atoms with Crippen LogP contribution < -0.4 is 20.3 Å². The second kappa shape index (κ2) is 8.62. The quantitative estimate of drug-likeness (QED) is 0.711. The van der Waals surface area contributed by atoms with Crippen molar-refractivity contribution in [3.8, 4) is 11.5 Å². The smallest absolute Gasteiger partial charge is 0.404 e. The second-order valence-electron chi connectivity index (χ2n) is 6.06. The van der Waals surface area contributed by atoms with Crippen molar-refractivity contribution in [1.82, 2.24) is 10.6 Å². The maximum Gasteiger partial charge on any atom is 0.404 e. The van der Waals surface area contributed by atoms with Crippen LogP contribution in [0.15, 0.2) is 42.5 Å². The predicted octanol–water partition coefficient (Wildman–Crippen LogP) is 2.75. The third-order valence-electron chi connectivity index (χ3n) is 4.10. The summed E-state index contributed by atoms with van der Waals surface area (Å²) in [7, 11) is 0. The molecule has 1 aliphatic rings. The third-order valence-corrected chi connectivity index (χ3v) is 4.33. The molecular weight excluding hydrogens is 386 g/mol. The van der Waals surface area contributed by atoms with Gasteiger partial charge in [-0.1, -0.05) is 29.8 Å². The van der Waals surface area contributed by atoms with Crippen LogP contribution in [0.5, 0.6) is 11.5 Å². The molecule has 0 bridgehead atoms. The van der Waals surface area contributed by atoms with E-state index in [1.165, 1.54) is 4.90 Å². The highest BCUT2D eigenvalue weighted by molar-refractivity contribution is 6.31. The Hall–Kier alpha value is -3.26. The van der Waals surface area contributed by atoms with Crippen molar-refractivity contribution < 1.29 is 24.2 Å². The molecule has 8 nitrogen and oxygen atoms in total. The molecule has 146 valence electrons. The highest BCUT2D eigenvalue weighted by Gasteiger charge is 2.25. The standard InChI is InChI=1S/C19H18ClN3O5/c20-13-5-6-16-14(9-13)23(11-12-3-1-2-4-15(12)28-16)18(25)10-22-17(24)7-8-21-19(26)27/h1-6,9,21H,7-8,10-11H2,(H,22,24)(H,26,27). The van der Waals surface area contributed by atoms with Crippen molar-refractivity contribution in [2.75, 3.05) is 18.0 Å².